The monoisotopic (exact) mass is 527 g/mol. The number of rotatable bonds is 1. The normalized spacial score (nSPS) is 23.3. The van der Waals surface area contributed by atoms with E-state index in [1.54, 1.807) is 18.2 Å². The first-order chi connectivity index (χ1) is 17.3. The van der Waals surface area contributed by atoms with Gasteiger partial charge in [-0.1, -0.05) is 47.6 Å². The highest BCUT2D eigenvalue weighted by Crippen LogP contribution is 2.42. The maximum Gasteiger partial charge on any atom is 0.326 e. The van der Waals surface area contributed by atoms with Crippen LogP contribution < -0.4 is 14.9 Å². The van der Waals surface area contributed by atoms with Crippen molar-refractivity contribution in [2.75, 3.05) is 16.8 Å². The van der Waals surface area contributed by atoms with Crippen LogP contribution in [0.2, 0.25) is 0 Å². The summed E-state index contributed by atoms with van der Waals surface area (Å²) in [6, 6.07) is 8.37. The molecule has 0 aromatic carbocycles. The molecule has 4 bridgehead atoms. The summed E-state index contributed by atoms with van der Waals surface area (Å²) in [6.45, 7) is 17.5. The molecule has 2 aromatic heterocycles. The van der Waals surface area contributed by atoms with Crippen LogP contribution in [0.15, 0.2) is 35.4 Å². The van der Waals surface area contributed by atoms with Gasteiger partial charge in [0.05, 0.1) is 5.56 Å². The Balaban J connectivity index is 0.00000186. The summed E-state index contributed by atoms with van der Waals surface area (Å²) in [4.78, 5) is 37.2. The summed E-state index contributed by atoms with van der Waals surface area (Å²) < 4.78 is 2.91. The first kappa shape index (κ1) is 28.8. The van der Waals surface area contributed by atoms with E-state index in [0.29, 0.717) is 35.2 Å². The zero-order valence-corrected chi connectivity index (χ0v) is 24.1. The first-order valence-electron chi connectivity index (χ1n) is 13.1. The number of anilines is 2. The lowest BCUT2D eigenvalue weighted by Gasteiger charge is -2.34. The largest absolute Gasteiger partial charge is 0.480 e. The van der Waals surface area contributed by atoms with Gasteiger partial charge in [-0.25, -0.2) is 14.8 Å². The lowest BCUT2D eigenvalue weighted by atomic mass is 9.84. The second-order valence-corrected chi connectivity index (χ2v) is 12.2. The van der Waals surface area contributed by atoms with Gasteiger partial charge in [-0.15, -0.1) is 0 Å². The standard InChI is InChI=1S/C26H35N5O3S.C2H6/c1-15-12-18(24(33)34)27-20-8-7-9-21(29-20)35-30-23(32)17-10-11-19(25(2,3)4)28-22(17)31-14-16(15)13-26(31,5)6;1-2/h7-11,15-16,18H,12-14H2,1-6H3,(H,27,29)(H,30,32)(H,33,34);1-2H3. The van der Waals surface area contributed by atoms with E-state index in [2.05, 4.69) is 61.5 Å². The van der Waals surface area contributed by atoms with Crippen LogP contribution in [0, 0.1) is 11.8 Å². The Kier molecular flexibility index (Phi) is 8.78. The number of carboxylic acid groups (broad SMARTS) is 1. The minimum Gasteiger partial charge on any atom is -0.480 e. The molecule has 2 aromatic rings. The van der Waals surface area contributed by atoms with Crippen LogP contribution in [0.5, 0.6) is 0 Å². The maximum atomic E-state index is 13.4. The summed E-state index contributed by atoms with van der Waals surface area (Å²) in [6.07, 6.45) is 1.36. The summed E-state index contributed by atoms with van der Waals surface area (Å²) in [5, 5.41) is 13.6. The molecule has 0 spiro atoms. The van der Waals surface area contributed by atoms with Gasteiger partial charge in [0.25, 0.3) is 5.91 Å². The zero-order valence-electron chi connectivity index (χ0n) is 23.3. The van der Waals surface area contributed by atoms with E-state index < -0.39 is 12.0 Å². The van der Waals surface area contributed by atoms with Crippen LogP contribution in [0.25, 0.3) is 0 Å². The zero-order chi connectivity index (χ0) is 27.5. The van der Waals surface area contributed by atoms with E-state index in [4.69, 9.17) is 4.98 Å². The molecule has 3 unspecified atom stereocenters. The van der Waals surface area contributed by atoms with E-state index in [0.717, 1.165) is 24.1 Å². The second kappa shape index (κ2) is 11.3. The van der Waals surface area contributed by atoms with Crippen molar-refractivity contribution in [2.24, 2.45) is 11.8 Å². The third kappa shape index (κ3) is 6.55. The number of nitrogens with one attached hydrogen (secondary N) is 2. The lowest BCUT2D eigenvalue weighted by Crippen LogP contribution is -2.40. The van der Waals surface area contributed by atoms with Crippen molar-refractivity contribution in [3.8, 4) is 0 Å². The molecule has 0 radical (unpaired) electrons. The molecule has 8 nitrogen and oxygen atoms in total. The van der Waals surface area contributed by atoms with Gasteiger partial charge in [0.1, 0.15) is 22.7 Å². The topological polar surface area (TPSA) is 107 Å². The van der Waals surface area contributed by atoms with Crippen molar-refractivity contribution in [1.29, 1.82) is 0 Å². The highest BCUT2D eigenvalue weighted by atomic mass is 32.2. The third-order valence-electron chi connectivity index (χ3n) is 7.06. The molecule has 4 heterocycles. The Hall–Kier alpha value is -2.81. The lowest BCUT2D eigenvalue weighted by molar-refractivity contribution is -0.138. The average molecular weight is 528 g/mol. The van der Waals surface area contributed by atoms with Gasteiger partial charge in [0.15, 0.2) is 0 Å². The van der Waals surface area contributed by atoms with Crippen molar-refractivity contribution >= 4 is 35.5 Å². The van der Waals surface area contributed by atoms with Gasteiger partial charge in [-0.2, -0.15) is 0 Å². The van der Waals surface area contributed by atoms with Gasteiger partial charge in [-0.3, -0.25) is 9.52 Å². The van der Waals surface area contributed by atoms with Crippen LogP contribution in [0.1, 0.15) is 84.3 Å². The SMILES string of the molecule is CC.CC1CC(C(=O)O)Nc2cccc(n2)SNC(=O)c2ccc(C(C)(C)C)nc2N2CC1CC2(C)C. The molecule has 0 saturated carbocycles. The predicted octanol–water partition coefficient (Wildman–Crippen LogP) is 5.75. The number of aromatic nitrogens is 2. The minimum atomic E-state index is -0.898. The molecular formula is C28H41N5O3S. The molecule has 1 saturated heterocycles. The molecule has 1 amide bonds. The molecule has 2 aliphatic rings. The Labute approximate surface area is 225 Å². The van der Waals surface area contributed by atoms with E-state index >= 15 is 0 Å². The summed E-state index contributed by atoms with van der Waals surface area (Å²) in [7, 11) is 0. The van der Waals surface area contributed by atoms with Crippen LogP contribution >= 0.6 is 11.9 Å². The maximum absolute atomic E-state index is 13.4. The third-order valence-corrected chi connectivity index (χ3v) is 7.78. The van der Waals surface area contributed by atoms with Crippen LogP contribution in [0.3, 0.4) is 0 Å². The fourth-order valence-corrected chi connectivity index (χ4v) is 5.57. The molecule has 9 heteroatoms. The van der Waals surface area contributed by atoms with Gasteiger partial charge in [-0.05, 0) is 62.8 Å². The molecule has 1 fully saturated rings. The highest BCUT2D eigenvalue weighted by Gasteiger charge is 2.43. The molecule has 4 rings (SSSR count). The van der Waals surface area contributed by atoms with Crippen LogP contribution in [-0.2, 0) is 10.2 Å². The van der Waals surface area contributed by atoms with Gasteiger partial charge < -0.3 is 15.3 Å². The number of hydrogen-bond acceptors (Lipinski definition) is 7. The van der Waals surface area contributed by atoms with Gasteiger partial charge in [0.2, 0.25) is 0 Å². The van der Waals surface area contributed by atoms with Gasteiger partial charge in [0, 0.05) is 35.1 Å². The number of amides is 1. The smallest absolute Gasteiger partial charge is 0.326 e. The van der Waals surface area contributed by atoms with E-state index in [1.807, 2.05) is 26.0 Å². The molecular weight excluding hydrogens is 486 g/mol. The number of carbonyl (C=O) groups excluding carboxylic acids is 1. The molecule has 3 N–H and O–H groups in total. The van der Waals surface area contributed by atoms with Crippen LogP contribution in [0.4, 0.5) is 11.6 Å². The molecule has 202 valence electrons. The quantitative estimate of drug-likeness (QED) is 0.403. The van der Waals surface area contributed by atoms with E-state index in [1.165, 1.54) is 0 Å². The minimum absolute atomic E-state index is 0.138. The number of pyridine rings is 2. The molecule has 37 heavy (non-hydrogen) atoms. The fourth-order valence-electron chi connectivity index (χ4n) is 4.97. The molecule has 2 aliphatic heterocycles. The first-order valence-corrected chi connectivity index (χ1v) is 13.9. The Morgan fingerprint density at radius 3 is 2.51 bits per heavy atom. The number of carbonyl (C=O) groups is 2. The van der Waals surface area contributed by atoms with E-state index in [9.17, 15) is 14.7 Å². The highest BCUT2D eigenvalue weighted by molar-refractivity contribution is 7.97. The van der Waals surface area contributed by atoms with Crippen molar-refractivity contribution < 1.29 is 14.7 Å². The summed E-state index contributed by atoms with van der Waals surface area (Å²) >= 11 is 1.11. The molecule has 3 atom stereocenters. The summed E-state index contributed by atoms with van der Waals surface area (Å²) in [5.41, 5.74) is 1.05. The van der Waals surface area contributed by atoms with Crippen molar-refractivity contribution in [3.05, 3.63) is 41.6 Å². The van der Waals surface area contributed by atoms with Crippen molar-refractivity contribution in [3.63, 3.8) is 0 Å². The Bertz CT molecular complexity index is 1130. The van der Waals surface area contributed by atoms with Crippen molar-refractivity contribution in [2.45, 2.75) is 90.3 Å². The number of nitrogens with zero attached hydrogens (tertiary/aromatic N) is 3. The summed E-state index contributed by atoms with van der Waals surface area (Å²) in [5.74, 6) is 0.416. The average Bonchev–Trinajstić information content (AvgIpc) is 3.17. The van der Waals surface area contributed by atoms with Crippen molar-refractivity contribution in [1.82, 2.24) is 14.7 Å². The second-order valence-electron chi connectivity index (χ2n) is 11.3. The number of hydrogen-bond donors (Lipinski definition) is 3. The predicted molar refractivity (Wildman–Crippen MR) is 150 cm³/mol. The number of carboxylic acids is 1. The molecule has 0 aliphatic carbocycles. The Morgan fingerprint density at radius 2 is 1.86 bits per heavy atom. The van der Waals surface area contributed by atoms with Crippen LogP contribution in [-0.4, -0.2) is 45.1 Å². The number of fused-ring (bicyclic) bond motifs is 6. The fraction of sp³-hybridized carbons (Fsp3) is 0.571. The Morgan fingerprint density at radius 1 is 1.16 bits per heavy atom. The van der Waals surface area contributed by atoms with E-state index in [-0.39, 0.29) is 28.7 Å². The van der Waals surface area contributed by atoms with Gasteiger partial charge >= 0.3 is 5.97 Å². The number of aliphatic carboxylic acids is 1.